The van der Waals surface area contributed by atoms with Gasteiger partial charge in [-0.25, -0.2) is 4.98 Å². The predicted molar refractivity (Wildman–Crippen MR) is 93.5 cm³/mol. The molecular weight excluding hydrogens is 346 g/mol. The number of nitrogens with one attached hydrogen (secondary N) is 1. The van der Waals surface area contributed by atoms with Crippen molar-refractivity contribution < 1.29 is 0 Å². The Kier molecular flexibility index (Phi) is 5.20. The normalized spacial score (nSPS) is 13.4. The summed E-state index contributed by atoms with van der Waals surface area (Å²) in [7, 11) is 0. The number of benzene rings is 1. The Morgan fingerprint density at radius 1 is 1.38 bits per heavy atom. The second-order valence-corrected chi connectivity index (χ2v) is 8.01. The van der Waals surface area contributed by atoms with Crippen LogP contribution in [-0.2, 0) is 11.8 Å². The largest absolute Gasteiger partial charge is 0.271 e. The topological polar surface area (TPSA) is 50.9 Å². The summed E-state index contributed by atoms with van der Waals surface area (Å²) in [6.07, 6.45) is 0.791. The number of rotatable bonds is 4. The quantitative estimate of drug-likeness (QED) is 0.626. The first-order valence-electron chi connectivity index (χ1n) is 6.99. The van der Waals surface area contributed by atoms with Crippen LogP contribution in [0.3, 0.4) is 0 Å². The van der Waals surface area contributed by atoms with Gasteiger partial charge in [0.2, 0.25) is 0 Å². The monoisotopic (exact) mass is 367 g/mol. The first kappa shape index (κ1) is 16.6. The average molecular weight is 368 g/mol. The molecule has 0 radical (unpaired) electrons. The molecule has 0 spiro atoms. The highest BCUT2D eigenvalue weighted by Crippen LogP contribution is 2.30. The number of nitrogens with two attached hydrogens (primary N) is 1. The molecule has 114 valence electrons. The summed E-state index contributed by atoms with van der Waals surface area (Å²) >= 11 is 5.36. The molecule has 0 bridgehead atoms. The molecule has 0 saturated carbocycles. The van der Waals surface area contributed by atoms with Crippen LogP contribution in [0.4, 0.5) is 0 Å². The second kappa shape index (κ2) is 6.57. The van der Waals surface area contributed by atoms with Crippen LogP contribution in [0.15, 0.2) is 28.1 Å². The van der Waals surface area contributed by atoms with E-state index in [2.05, 4.69) is 72.6 Å². The van der Waals surface area contributed by atoms with Crippen LogP contribution in [0, 0.1) is 6.92 Å². The summed E-state index contributed by atoms with van der Waals surface area (Å²) in [5, 5.41) is 3.25. The molecule has 1 unspecified atom stereocenters. The molecule has 3 nitrogen and oxygen atoms in total. The van der Waals surface area contributed by atoms with Crippen LogP contribution in [0.5, 0.6) is 0 Å². The minimum Gasteiger partial charge on any atom is -0.271 e. The van der Waals surface area contributed by atoms with Gasteiger partial charge in [0, 0.05) is 21.7 Å². The maximum absolute atomic E-state index is 5.77. The zero-order chi connectivity index (χ0) is 15.6. The minimum atomic E-state index is 0.0539. The molecule has 0 amide bonds. The summed E-state index contributed by atoms with van der Waals surface area (Å²) in [4.78, 5) is 4.75. The average Bonchev–Trinajstić information content (AvgIpc) is 2.88. The molecule has 0 fully saturated rings. The van der Waals surface area contributed by atoms with Gasteiger partial charge in [0.25, 0.3) is 0 Å². The van der Waals surface area contributed by atoms with Gasteiger partial charge in [0.05, 0.1) is 16.7 Å². The SMILES string of the molecule is Cc1cccc(C(Cc2nc(C(C)(C)C)cs2)NN)c1Br. The minimum absolute atomic E-state index is 0.0539. The van der Waals surface area contributed by atoms with E-state index in [1.807, 2.05) is 0 Å². The summed E-state index contributed by atoms with van der Waals surface area (Å²) in [5.41, 5.74) is 6.53. The number of aryl methyl sites for hydroxylation is 1. The van der Waals surface area contributed by atoms with Crippen molar-refractivity contribution >= 4 is 27.3 Å². The van der Waals surface area contributed by atoms with Crippen molar-refractivity contribution in [3.8, 4) is 0 Å². The number of hydrazine groups is 1. The predicted octanol–water partition coefficient (Wildman–Crippen LogP) is 4.26. The Morgan fingerprint density at radius 3 is 2.67 bits per heavy atom. The number of hydrogen-bond donors (Lipinski definition) is 2. The van der Waals surface area contributed by atoms with E-state index in [1.54, 1.807) is 11.3 Å². The van der Waals surface area contributed by atoms with Crippen molar-refractivity contribution in [1.29, 1.82) is 0 Å². The van der Waals surface area contributed by atoms with Crippen molar-refractivity contribution in [2.75, 3.05) is 0 Å². The molecule has 1 aromatic heterocycles. The van der Waals surface area contributed by atoms with Crippen LogP contribution >= 0.6 is 27.3 Å². The van der Waals surface area contributed by atoms with Gasteiger partial charge in [-0.2, -0.15) is 0 Å². The summed E-state index contributed by atoms with van der Waals surface area (Å²) in [5.74, 6) is 5.77. The third-order valence-corrected chi connectivity index (χ3v) is 5.45. The molecule has 0 aliphatic carbocycles. The highest BCUT2D eigenvalue weighted by molar-refractivity contribution is 9.10. The van der Waals surface area contributed by atoms with Gasteiger partial charge in [0.1, 0.15) is 0 Å². The van der Waals surface area contributed by atoms with E-state index in [0.29, 0.717) is 0 Å². The first-order chi connectivity index (χ1) is 9.82. The fourth-order valence-electron chi connectivity index (χ4n) is 2.12. The highest BCUT2D eigenvalue weighted by atomic mass is 79.9. The summed E-state index contributed by atoms with van der Waals surface area (Å²) in [6, 6.07) is 6.29. The van der Waals surface area contributed by atoms with E-state index in [0.717, 1.165) is 21.6 Å². The molecule has 21 heavy (non-hydrogen) atoms. The molecule has 1 atom stereocenters. The Morgan fingerprint density at radius 2 is 2.10 bits per heavy atom. The molecule has 0 aliphatic heterocycles. The van der Waals surface area contributed by atoms with Crippen molar-refractivity contribution in [2.45, 2.75) is 45.6 Å². The molecule has 2 rings (SSSR count). The van der Waals surface area contributed by atoms with Crippen molar-refractivity contribution in [1.82, 2.24) is 10.4 Å². The molecular formula is C16H22BrN3S. The zero-order valence-corrected chi connectivity index (χ0v) is 15.3. The lowest BCUT2D eigenvalue weighted by Crippen LogP contribution is -2.30. The third-order valence-electron chi connectivity index (χ3n) is 3.50. The molecule has 1 aromatic carbocycles. The lowest BCUT2D eigenvalue weighted by atomic mass is 9.93. The lowest BCUT2D eigenvalue weighted by molar-refractivity contribution is 0.539. The van der Waals surface area contributed by atoms with Gasteiger partial charge >= 0.3 is 0 Å². The van der Waals surface area contributed by atoms with E-state index in [1.165, 1.54) is 11.1 Å². The maximum Gasteiger partial charge on any atom is 0.0948 e. The number of hydrogen-bond acceptors (Lipinski definition) is 4. The van der Waals surface area contributed by atoms with Crippen molar-refractivity contribution in [2.24, 2.45) is 5.84 Å². The number of aromatic nitrogens is 1. The molecule has 2 aromatic rings. The smallest absolute Gasteiger partial charge is 0.0948 e. The first-order valence-corrected chi connectivity index (χ1v) is 8.66. The van der Waals surface area contributed by atoms with Crippen LogP contribution in [-0.4, -0.2) is 4.98 Å². The molecule has 5 heteroatoms. The number of nitrogens with zero attached hydrogens (tertiary/aromatic N) is 1. The van der Waals surface area contributed by atoms with E-state index in [9.17, 15) is 0 Å². The van der Waals surface area contributed by atoms with Crippen molar-refractivity contribution in [3.63, 3.8) is 0 Å². The number of thiazole rings is 1. The third kappa shape index (κ3) is 3.92. The Balaban J connectivity index is 2.23. The standard InChI is InChI=1S/C16H22BrN3S/c1-10-6-5-7-11(15(10)17)12(20-18)8-14-19-13(9-21-14)16(2,3)4/h5-7,9,12,20H,8,18H2,1-4H3. The van der Waals surface area contributed by atoms with Crippen LogP contribution in [0.1, 0.15) is 48.6 Å². The van der Waals surface area contributed by atoms with E-state index >= 15 is 0 Å². The van der Waals surface area contributed by atoms with E-state index < -0.39 is 0 Å². The Labute approximate surface area is 139 Å². The van der Waals surface area contributed by atoms with Gasteiger partial charge in [-0.1, -0.05) is 54.9 Å². The van der Waals surface area contributed by atoms with E-state index in [-0.39, 0.29) is 11.5 Å². The fraction of sp³-hybridized carbons (Fsp3) is 0.438. The van der Waals surface area contributed by atoms with Crippen LogP contribution in [0.2, 0.25) is 0 Å². The molecule has 1 heterocycles. The number of halogens is 1. The van der Waals surface area contributed by atoms with Crippen LogP contribution in [0.25, 0.3) is 0 Å². The molecule has 0 aliphatic rings. The lowest BCUT2D eigenvalue weighted by Gasteiger charge is -2.18. The summed E-state index contributed by atoms with van der Waals surface area (Å²) < 4.78 is 1.11. The van der Waals surface area contributed by atoms with Gasteiger partial charge in [-0.05, 0) is 18.1 Å². The molecule has 0 saturated heterocycles. The van der Waals surface area contributed by atoms with Gasteiger partial charge in [-0.3, -0.25) is 11.3 Å². The van der Waals surface area contributed by atoms with Crippen LogP contribution < -0.4 is 11.3 Å². The summed E-state index contributed by atoms with van der Waals surface area (Å²) in [6.45, 7) is 8.63. The van der Waals surface area contributed by atoms with E-state index in [4.69, 9.17) is 10.8 Å². The highest BCUT2D eigenvalue weighted by Gasteiger charge is 2.20. The zero-order valence-electron chi connectivity index (χ0n) is 12.9. The fourth-order valence-corrected chi connectivity index (χ4v) is 3.73. The van der Waals surface area contributed by atoms with Crippen molar-refractivity contribution in [3.05, 3.63) is 49.9 Å². The molecule has 3 N–H and O–H groups in total. The maximum atomic E-state index is 5.77. The van der Waals surface area contributed by atoms with Gasteiger partial charge < -0.3 is 0 Å². The second-order valence-electron chi connectivity index (χ2n) is 6.28. The van der Waals surface area contributed by atoms with Gasteiger partial charge in [0.15, 0.2) is 0 Å². The Hall–Kier alpha value is -0.750. The Bertz CT molecular complexity index is 616. The van der Waals surface area contributed by atoms with Gasteiger partial charge in [-0.15, -0.1) is 11.3 Å².